The molecule has 0 bridgehead atoms. The summed E-state index contributed by atoms with van der Waals surface area (Å²) in [6, 6.07) is 0. The van der Waals surface area contributed by atoms with Crippen LogP contribution in [-0.4, -0.2) is 47.8 Å². The lowest BCUT2D eigenvalue weighted by Crippen LogP contribution is -2.40. The summed E-state index contributed by atoms with van der Waals surface area (Å²) in [5.41, 5.74) is -1.11. The number of rotatable bonds is 0. The smallest absolute Gasteiger partial charge is 0.298 e. The van der Waals surface area contributed by atoms with E-state index in [1.165, 1.54) is 0 Å². The van der Waals surface area contributed by atoms with Crippen LogP contribution in [0, 0.1) is 11.8 Å². The number of hydrogen-bond donors (Lipinski definition) is 1. The van der Waals surface area contributed by atoms with Crippen molar-refractivity contribution in [1.29, 1.82) is 0 Å². The summed E-state index contributed by atoms with van der Waals surface area (Å²) in [5.74, 6) is 4.68. The number of hydrogen-bond acceptors (Lipinski definition) is 3. The van der Waals surface area contributed by atoms with E-state index >= 15 is 0 Å². The molecule has 78 valence electrons. The molecule has 1 saturated heterocycles. The molecule has 1 heterocycles. The van der Waals surface area contributed by atoms with Gasteiger partial charge in [-0.25, -0.2) is 0 Å². The predicted octanol–water partition coefficient (Wildman–Crippen LogP) is -0.381. The van der Waals surface area contributed by atoms with E-state index in [1.54, 1.807) is 18.7 Å². The minimum absolute atomic E-state index is 0.240. The maximum absolute atomic E-state index is 11.4. The van der Waals surface area contributed by atoms with Crippen molar-refractivity contribution >= 4 is 5.91 Å². The molecule has 0 radical (unpaired) electrons. The van der Waals surface area contributed by atoms with Gasteiger partial charge in [-0.3, -0.25) is 4.79 Å². The molecule has 0 aromatic carbocycles. The van der Waals surface area contributed by atoms with Crippen LogP contribution >= 0.6 is 0 Å². The van der Waals surface area contributed by atoms with Crippen LogP contribution in [0.25, 0.3) is 0 Å². The average molecular weight is 197 g/mol. The molecule has 4 nitrogen and oxygen atoms in total. The Hall–Kier alpha value is -1.05. The molecule has 1 N–H and O–H groups in total. The van der Waals surface area contributed by atoms with E-state index in [0.29, 0.717) is 26.3 Å². The maximum atomic E-state index is 11.4. The summed E-state index contributed by atoms with van der Waals surface area (Å²) in [6.45, 7) is 5.39. The Morgan fingerprint density at radius 2 is 2.00 bits per heavy atom. The van der Waals surface area contributed by atoms with Crippen molar-refractivity contribution in [3.8, 4) is 11.8 Å². The molecule has 0 spiro atoms. The highest BCUT2D eigenvalue weighted by atomic mass is 16.5. The van der Waals surface area contributed by atoms with Gasteiger partial charge >= 0.3 is 0 Å². The fraction of sp³-hybridized carbons (Fsp3) is 0.700. The van der Waals surface area contributed by atoms with Gasteiger partial charge in [0.15, 0.2) is 0 Å². The lowest BCUT2D eigenvalue weighted by atomic mass is 10.1. The third-order valence-corrected chi connectivity index (χ3v) is 1.77. The molecular weight excluding hydrogens is 182 g/mol. The third kappa shape index (κ3) is 3.77. The molecule has 1 amide bonds. The van der Waals surface area contributed by atoms with E-state index in [-0.39, 0.29) is 5.91 Å². The Balaban J connectivity index is 2.51. The van der Waals surface area contributed by atoms with Crippen molar-refractivity contribution in [2.75, 3.05) is 26.3 Å². The van der Waals surface area contributed by atoms with Gasteiger partial charge in [-0.05, 0) is 19.8 Å². The highest BCUT2D eigenvalue weighted by molar-refractivity contribution is 5.93. The predicted molar refractivity (Wildman–Crippen MR) is 51.5 cm³/mol. The van der Waals surface area contributed by atoms with Crippen LogP contribution in [0.15, 0.2) is 0 Å². The first-order valence-corrected chi connectivity index (χ1v) is 4.61. The quantitative estimate of drug-likeness (QED) is 0.538. The Labute approximate surface area is 83.8 Å². The number of morpholine rings is 1. The van der Waals surface area contributed by atoms with Crippen molar-refractivity contribution in [2.45, 2.75) is 19.4 Å². The molecule has 1 aliphatic rings. The molecule has 0 aromatic heterocycles. The van der Waals surface area contributed by atoms with Gasteiger partial charge in [0.25, 0.3) is 5.91 Å². The number of amides is 1. The van der Waals surface area contributed by atoms with Crippen LogP contribution in [0.1, 0.15) is 13.8 Å². The fourth-order valence-electron chi connectivity index (χ4n) is 1.05. The van der Waals surface area contributed by atoms with Gasteiger partial charge < -0.3 is 14.7 Å². The van der Waals surface area contributed by atoms with Gasteiger partial charge in [0, 0.05) is 13.1 Å². The molecular formula is C10H15NO3. The van der Waals surface area contributed by atoms with Gasteiger partial charge in [0.2, 0.25) is 0 Å². The van der Waals surface area contributed by atoms with Gasteiger partial charge in [0.05, 0.1) is 13.2 Å². The lowest BCUT2D eigenvalue weighted by molar-refractivity contribution is -0.129. The molecule has 1 aliphatic heterocycles. The topological polar surface area (TPSA) is 49.8 Å². The zero-order valence-electron chi connectivity index (χ0n) is 8.54. The zero-order chi connectivity index (χ0) is 10.6. The van der Waals surface area contributed by atoms with E-state index in [4.69, 9.17) is 4.74 Å². The van der Waals surface area contributed by atoms with Crippen molar-refractivity contribution in [3.63, 3.8) is 0 Å². The zero-order valence-corrected chi connectivity index (χ0v) is 8.54. The second-order valence-electron chi connectivity index (χ2n) is 3.71. The molecule has 0 unspecified atom stereocenters. The van der Waals surface area contributed by atoms with Gasteiger partial charge in [-0.15, -0.1) is 0 Å². The summed E-state index contributed by atoms with van der Waals surface area (Å²) >= 11 is 0. The molecule has 14 heavy (non-hydrogen) atoms. The Morgan fingerprint density at radius 1 is 1.43 bits per heavy atom. The van der Waals surface area contributed by atoms with Gasteiger partial charge in [-0.1, -0.05) is 5.92 Å². The number of nitrogens with zero attached hydrogens (tertiary/aromatic N) is 1. The highest BCUT2D eigenvalue weighted by Gasteiger charge is 2.15. The molecule has 4 heteroatoms. The Kier molecular flexibility index (Phi) is 3.50. The first kappa shape index (κ1) is 11.0. The van der Waals surface area contributed by atoms with Crippen LogP contribution in [0.3, 0.4) is 0 Å². The first-order valence-electron chi connectivity index (χ1n) is 4.61. The summed E-state index contributed by atoms with van der Waals surface area (Å²) in [6.07, 6.45) is 0. The average Bonchev–Trinajstić information content (AvgIpc) is 2.14. The van der Waals surface area contributed by atoms with E-state index in [0.717, 1.165) is 0 Å². The molecule has 1 fully saturated rings. The number of ether oxygens (including phenoxy) is 1. The molecule has 0 aromatic rings. The summed E-state index contributed by atoms with van der Waals surface area (Å²) in [5, 5.41) is 9.30. The van der Waals surface area contributed by atoms with Gasteiger partial charge in [-0.2, -0.15) is 0 Å². The maximum Gasteiger partial charge on any atom is 0.298 e. The van der Waals surface area contributed by atoms with Crippen molar-refractivity contribution in [1.82, 2.24) is 4.90 Å². The van der Waals surface area contributed by atoms with Crippen molar-refractivity contribution in [3.05, 3.63) is 0 Å². The van der Waals surface area contributed by atoms with E-state index in [2.05, 4.69) is 11.8 Å². The molecule has 1 rings (SSSR count). The number of aliphatic hydroxyl groups is 1. The SMILES string of the molecule is CC(C)(O)C#CC(=O)N1CCOCC1. The highest BCUT2D eigenvalue weighted by Crippen LogP contribution is 1.99. The minimum atomic E-state index is -1.11. The number of carbonyl (C=O) groups excluding carboxylic acids is 1. The standard InChI is InChI=1S/C10H15NO3/c1-10(2,13)4-3-9(12)11-5-7-14-8-6-11/h13H,5-8H2,1-2H3. The summed E-state index contributed by atoms with van der Waals surface area (Å²) in [7, 11) is 0. The lowest BCUT2D eigenvalue weighted by Gasteiger charge is -2.24. The van der Waals surface area contributed by atoms with Crippen LogP contribution < -0.4 is 0 Å². The normalized spacial score (nSPS) is 17.2. The van der Waals surface area contributed by atoms with Crippen LogP contribution in [0.2, 0.25) is 0 Å². The first-order chi connectivity index (χ1) is 6.49. The van der Waals surface area contributed by atoms with Crippen LogP contribution in [0.4, 0.5) is 0 Å². The Bertz CT molecular complexity index is 263. The monoisotopic (exact) mass is 197 g/mol. The second kappa shape index (κ2) is 4.45. The molecule has 0 saturated carbocycles. The molecule has 0 atom stereocenters. The second-order valence-corrected chi connectivity index (χ2v) is 3.71. The van der Waals surface area contributed by atoms with Gasteiger partial charge in [0.1, 0.15) is 5.60 Å². The van der Waals surface area contributed by atoms with E-state index < -0.39 is 5.60 Å². The fourth-order valence-corrected chi connectivity index (χ4v) is 1.05. The number of carbonyl (C=O) groups is 1. The van der Waals surface area contributed by atoms with Crippen molar-refractivity contribution < 1.29 is 14.6 Å². The summed E-state index contributed by atoms with van der Waals surface area (Å²) in [4.78, 5) is 13.1. The van der Waals surface area contributed by atoms with Crippen LogP contribution in [0.5, 0.6) is 0 Å². The van der Waals surface area contributed by atoms with E-state index in [1.807, 2.05) is 0 Å². The third-order valence-electron chi connectivity index (χ3n) is 1.77. The Morgan fingerprint density at radius 3 is 2.50 bits per heavy atom. The largest absolute Gasteiger partial charge is 0.378 e. The minimum Gasteiger partial charge on any atom is -0.378 e. The summed E-state index contributed by atoms with van der Waals surface area (Å²) < 4.78 is 5.10. The van der Waals surface area contributed by atoms with E-state index in [9.17, 15) is 9.90 Å². The van der Waals surface area contributed by atoms with Crippen LogP contribution in [-0.2, 0) is 9.53 Å². The molecule has 0 aliphatic carbocycles. The van der Waals surface area contributed by atoms with Crippen molar-refractivity contribution in [2.24, 2.45) is 0 Å².